The first-order valence-corrected chi connectivity index (χ1v) is 9.19. The Morgan fingerprint density at radius 2 is 2.17 bits per heavy atom. The molecule has 0 amide bonds. The molecule has 0 aliphatic heterocycles. The topological polar surface area (TPSA) is 115 Å². The number of hydrogen-bond acceptors (Lipinski definition) is 8. The molecule has 0 radical (unpaired) electrons. The maximum absolute atomic E-state index is 12.1. The van der Waals surface area contributed by atoms with Crippen molar-refractivity contribution >= 4 is 27.0 Å². The van der Waals surface area contributed by atoms with Crippen molar-refractivity contribution in [3.05, 3.63) is 47.2 Å². The van der Waals surface area contributed by atoms with Gasteiger partial charge < -0.3 is 4.52 Å². The largest absolute Gasteiger partial charge is 0.363 e. The van der Waals surface area contributed by atoms with Crippen molar-refractivity contribution in [1.82, 2.24) is 29.7 Å². The first-order valence-electron chi connectivity index (χ1n) is 6.76. The number of rotatable bonds is 5. The lowest BCUT2D eigenvalue weighted by Crippen LogP contribution is -2.24. The van der Waals surface area contributed by atoms with Gasteiger partial charge >= 0.3 is 0 Å². The van der Waals surface area contributed by atoms with E-state index in [1.807, 2.05) is 22.9 Å². The summed E-state index contributed by atoms with van der Waals surface area (Å²) in [6, 6.07) is 5.58. The summed E-state index contributed by atoms with van der Waals surface area (Å²) in [7, 11) is -3.73. The summed E-state index contributed by atoms with van der Waals surface area (Å²) in [6.45, 7) is -0.0607. The minimum absolute atomic E-state index is 0.0526. The van der Waals surface area contributed by atoms with Crippen LogP contribution in [0.3, 0.4) is 0 Å². The summed E-state index contributed by atoms with van der Waals surface area (Å²) < 4.78 is 32.7. The summed E-state index contributed by atoms with van der Waals surface area (Å²) >= 11 is 1.57. The summed E-state index contributed by atoms with van der Waals surface area (Å²) in [4.78, 5) is -0.0526. The van der Waals surface area contributed by atoms with Crippen LogP contribution in [0.5, 0.6) is 0 Å². The summed E-state index contributed by atoms with van der Waals surface area (Å²) in [5.41, 5.74) is 2.27. The van der Waals surface area contributed by atoms with Gasteiger partial charge in [0.25, 0.3) is 0 Å². The normalized spacial score (nSPS) is 12.0. The quantitative estimate of drug-likeness (QED) is 0.569. The minimum Gasteiger partial charge on any atom is -0.363 e. The Hall–Kier alpha value is -2.63. The molecular weight excluding hydrogens is 352 g/mol. The van der Waals surface area contributed by atoms with Crippen LogP contribution < -0.4 is 4.72 Å². The highest BCUT2D eigenvalue weighted by atomic mass is 32.2. The zero-order valence-corrected chi connectivity index (χ0v) is 13.7. The van der Waals surface area contributed by atoms with E-state index in [1.54, 1.807) is 17.4 Å². The van der Waals surface area contributed by atoms with Gasteiger partial charge in [0.1, 0.15) is 11.2 Å². The van der Waals surface area contributed by atoms with Gasteiger partial charge in [0, 0.05) is 10.9 Å². The van der Waals surface area contributed by atoms with E-state index in [4.69, 9.17) is 0 Å². The third-order valence-corrected chi connectivity index (χ3v) is 5.31. The van der Waals surface area contributed by atoms with Gasteiger partial charge in [-0.15, -0.1) is 10.2 Å². The van der Waals surface area contributed by atoms with E-state index in [0.717, 1.165) is 23.7 Å². The molecule has 0 aromatic carbocycles. The predicted octanol–water partition coefficient (Wildman–Crippen LogP) is 1.32. The van der Waals surface area contributed by atoms with E-state index in [0.29, 0.717) is 11.5 Å². The number of thiophene rings is 1. The molecule has 1 N–H and O–H groups in total. The van der Waals surface area contributed by atoms with E-state index in [1.165, 1.54) is 4.52 Å². The average Bonchev–Trinajstić information content (AvgIpc) is 3.33. The Morgan fingerprint density at radius 1 is 1.25 bits per heavy atom. The second kappa shape index (κ2) is 5.78. The molecule has 0 aliphatic rings. The van der Waals surface area contributed by atoms with Crippen LogP contribution in [0.1, 0.15) is 5.82 Å². The van der Waals surface area contributed by atoms with E-state index in [-0.39, 0.29) is 11.4 Å². The smallest absolute Gasteiger partial charge is 0.245 e. The van der Waals surface area contributed by atoms with Crippen molar-refractivity contribution in [1.29, 1.82) is 0 Å². The Bertz CT molecular complexity index is 1070. The summed E-state index contributed by atoms with van der Waals surface area (Å²) in [5.74, 6) is 0.377. The lowest BCUT2D eigenvalue weighted by molar-refractivity contribution is 0.417. The SMILES string of the molecule is O=S(=O)(NCc1nnc2ccc(-c3ccsc3)nn12)c1cnoc1. The predicted molar refractivity (Wildman–Crippen MR) is 84.6 cm³/mol. The monoisotopic (exact) mass is 362 g/mol. The molecule has 9 nitrogen and oxygen atoms in total. The Morgan fingerprint density at radius 3 is 2.92 bits per heavy atom. The molecule has 11 heteroatoms. The fraction of sp³-hybridized carbons (Fsp3) is 0.0769. The van der Waals surface area contributed by atoms with E-state index >= 15 is 0 Å². The van der Waals surface area contributed by atoms with Crippen molar-refractivity contribution < 1.29 is 12.9 Å². The van der Waals surface area contributed by atoms with Gasteiger partial charge in [-0.1, -0.05) is 5.16 Å². The van der Waals surface area contributed by atoms with Crippen molar-refractivity contribution in [2.75, 3.05) is 0 Å². The van der Waals surface area contributed by atoms with Gasteiger partial charge in [-0.3, -0.25) is 0 Å². The van der Waals surface area contributed by atoms with Crippen LogP contribution in [-0.2, 0) is 16.6 Å². The molecule has 0 aliphatic carbocycles. The molecule has 4 rings (SSSR count). The Labute approximate surface area is 140 Å². The van der Waals surface area contributed by atoms with E-state index < -0.39 is 10.0 Å². The number of hydrogen-bond donors (Lipinski definition) is 1. The van der Waals surface area contributed by atoms with Gasteiger partial charge in [0.15, 0.2) is 11.5 Å². The first-order chi connectivity index (χ1) is 11.6. The lowest BCUT2D eigenvalue weighted by atomic mass is 10.2. The zero-order chi connectivity index (χ0) is 16.6. The maximum Gasteiger partial charge on any atom is 0.245 e. The molecule has 0 spiro atoms. The number of aromatic nitrogens is 5. The molecule has 0 atom stereocenters. The van der Waals surface area contributed by atoms with Gasteiger partial charge in [-0.05, 0) is 23.6 Å². The first kappa shape index (κ1) is 14.9. The van der Waals surface area contributed by atoms with Crippen molar-refractivity contribution in [3.63, 3.8) is 0 Å². The van der Waals surface area contributed by atoms with Crippen LogP contribution in [0.15, 0.2) is 50.8 Å². The highest BCUT2D eigenvalue weighted by molar-refractivity contribution is 7.89. The number of fused-ring (bicyclic) bond motifs is 1. The van der Waals surface area contributed by atoms with Gasteiger partial charge in [0.05, 0.1) is 18.4 Å². The van der Waals surface area contributed by atoms with Crippen LogP contribution in [0.2, 0.25) is 0 Å². The second-order valence-corrected chi connectivity index (χ2v) is 7.35. The molecule has 0 fully saturated rings. The summed E-state index contributed by atoms with van der Waals surface area (Å²) in [5, 5.41) is 19.8. The highest BCUT2D eigenvalue weighted by Crippen LogP contribution is 2.20. The molecule has 4 heterocycles. The molecule has 4 aromatic rings. The third kappa shape index (κ3) is 2.68. The van der Waals surface area contributed by atoms with Crippen LogP contribution in [0.25, 0.3) is 16.9 Å². The standard InChI is InChI=1S/C13H10N6O3S2/c20-24(21,10-5-14-22-7-10)15-6-13-17-16-12-2-1-11(18-19(12)13)9-3-4-23-8-9/h1-5,7-8,15H,6H2. The number of sulfonamides is 1. The third-order valence-electron chi connectivity index (χ3n) is 3.28. The van der Waals surface area contributed by atoms with Crippen LogP contribution >= 0.6 is 11.3 Å². The van der Waals surface area contributed by atoms with E-state index in [9.17, 15) is 8.42 Å². The average molecular weight is 362 g/mol. The maximum atomic E-state index is 12.1. The molecule has 0 bridgehead atoms. The fourth-order valence-electron chi connectivity index (χ4n) is 2.08. The van der Waals surface area contributed by atoms with Crippen LogP contribution in [0.4, 0.5) is 0 Å². The molecular formula is C13H10N6O3S2. The van der Waals surface area contributed by atoms with Crippen molar-refractivity contribution in [2.45, 2.75) is 11.4 Å². The molecule has 0 unspecified atom stereocenters. The fourth-order valence-corrected chi connectivity index (χ4v) is 3.57. The van der Waals surface area contributed by atoms with Gasteiger partial charge in [-0.25, -0.2) is 13.1 Å². The molecule has 122 valence electrons. The number of nitrogens with zero attached hydrogens (tertiary/aromatic N) is 5. The Kier molecular flexibility index (Phi) is 3.59. The lowest BCUT2D eigenvalue weighted by Gasteiger charge is -2.03. The van der Waals surface area contributed by atoms with Gasteiger partial charge in [-0.2, -0.15) is 21.0 Å². The van der Waals surface area contributed by atoms with Crippen molar-refractivity contribution in [2.24, 2.45) is 0 Å². The van der Waals surface area contributed by atoms with Crippen LogP contribution in [-0.4, -0.2) is 33.4 Å². The molecule has 0 saturated carbocycles. The number of nitrogens with one attached hydrogen (secondary N) is 1. The summed E-state index contributed by atoms with van der Waals surface area (Å²) in [6.07, 6.45) is 2.17. The molecule has 4 aromatic heterocycles. The molecule has 0 saturated heterocycles. The highest BCUT2D eigenvalue weighted by Gasteiger charge is 2.18. The van der Waals surface area contributed by atoms with E-state index in [2.05, 4.69) is 29.7 Å². The minimum atomic E-state index is -3.73. The second-order valence-electron chi connectivity index (χ2n) is 4.80. The van der Waals surface area contributed by atoms with Crippen LogP contribution in [0, 0.1) is 0 Å². The molecule has 24 heavy (non-hydrogen) atoms. The van der Waals surface area contributed by atoms with Gasteiger partial charge in [0.2, 0.25) is 10.0 Å². The Balaban J connectivity index is 1.64. The van der Waals surface area contributed by atoms with Crippen molar-refractivity contribution in [3.8, 4) is 11.3 Å². The zero-order valence-electron chi connectivity index (χ0n) is 12.0.